The zero-order chi connectivity index (χ0) is 15.8. The number of carbonyl (C=O) groups is 1. The average molecular weight is 329 g/mol. The highest BCUT2D eigenvalue weighted by molar-refractivity contribution is 6.55. The summed E-state index contributed by atoms with van der Waals surface area (Å²) in [6.45, 7) is 3.85. The molecule has 0 bridgehead atoms. The van der Waals surface area contributed by atoms with Gasteiger partial charge in [-0.2, -0.15) is 0 Å². The van der Waals surface area contributed by atoms with Crippen molar-refractivity contribution in [3.05, 3.63) is 44.9 Å². The highest BCUT2D eigenvalue weighted by Gasteiger charge is 2.60. The fourth-order valence-electron chi connectivity index (χ4n) is 2.57. The van der Waals surface area contributed by atoms with Crippen LogP contribution in [0.1, 0.15) is 13.8 Å². The summed E-state index contributed by atoms with van der Waals surface area (Å²) in [6.07, 6.45) is 1.63. The first-order valence-corrected chi connectivity index (χ1v) is 7.08. The van der Waals surface area contributed by atoms with Gasteiger partial charge in [0.15, 0.2) is 0 Å². The van der Waals surface area contributed by atoms with Gasteiger partial charge in [0.1, 0.15) is 10.2 Å². The van der Waals surface area contributed by atoms with Gasteiger partial charge >= 0.3 is 0 Å². The minimum Gasteiger partial charge on any atom is -0.320 e. The first kappa shape index (κ1) is 15.8. The van der Waals surface area contributed by atoms with Gasteiger partial charge in [-0.3, -0.25) is 14.9 Å². The predicted octanol–water partition coefficient (Wildman–Crippen LogP) is 4.12. The summed E-state index contributed by atoms with van der Waals surface area (Å²) < 4.78 is 0.120. The van der Waals surface area contributed by atoms with Crippen molar-refractivity contribution in [2.75, 3.05) is 5.32 Å². The van der Waals surface area contributed by atoms with Crippen LogP contribution in [-0.4, -0.2) is 10.8 Å². The number of allylic oxidation sites excluding steroid dienone is 1. The minimum atomic E-state index is -0.527. The van der Waals surface area contributed by atoms with Crippen LogP contribution in [0.15, 0.2) is 34.8 Å². The third-order valence-electron chi connectivity index (χ3n) is 3.86. The highest BCUT2D eigenvalue weighted by atomic mass is 35.5. The van der Waals surface area contributed by atoms with E-state index in [1.807, 2.05) is 13.8 Å². The van der Waals surface area contributed by atoms with Gasteiger partial charge in [-0.1, -0.05) is 49.2 Å². The first-order valence-electron chi connectivity index (χ1n) is 6.32. The number of anilines is 1. The van der Waals surface area contributed by atoms with Crippen LogP contribution < -0.4 is 5.32 Å². The molecule has 1 amide bonds. The monoisotopic (exact) mass is 328 g/mol. The summed E-state index contributed by atoms with van der Waals surface area (Å²) in [5.74, 6) is -0.666. The Morgan fingerprint density at radius 3 is 2.57 bits per heavy atom. The first-order chi connectivity index (χ1) is 9.75. The van der Waals surface area contributed by atoms with E-state index in [1.54, 1.807) is 18.2 Å². The van der Waals surface area contributed by atoms with Gasteiger partial charge in [0.2, 0.25) is 5.91 Å². The standard InChI is InChI=1S/C14H14Cl2N2O3/c1-14(2)8(7-11(15)16)12(14)13(19)17-9-5-3-4-6-10(9)18(20)21/h3-8,12H,1-2H3,(H,17,19)/t8-,12-/m1/s1. The molecule has 1 aliphatic rings. The number of halogens is 2. The summed E-state index contributed by atoms with van der Waals surface area (Å²) in [5, 5.41) is 13.6. The van der Waals surface area contributed by atoms with Gasteiger partial charge in [0, 0.05) is 6.07 Å². The Kier molecular flexibility index (Phi) is 4.25. The van der Waals surface area contributed by atoms with Crippen LogP contribution in [0.3, 0.4) is 0 Å². The maximum atomic E-state index is 12.3. The number of nitrogens with zero attached hydrogens (tertiary/aromatic N) is 1. The van der Waals surface area contributed by atoms with Crippen molar-refractivity contribution >= 4 is 40.5 Å². The maximum Gasteiger partial charge on any atom is 0.292 e. The minimum absolute atomic E-state index is 0.0785. The second-order valence-electron chi connectivity index (χ2n) is 5.54. The zero-order valence-electron chi connectivity index (χ0n) is 11.5. The largest absolute Gasteiger partial charge is 0.320 e. The van der Waals surface area contributed by atoms with Crippen LogP contribution in [0.2, 0.25) is 0 Å². The molecule has 21 heavy (non-hydrogen) atoms. The maximum absolute atomic E-state index is 12.3. The molecule has 0 radical (unpaired) electrons. The van der Waals surface area contributed by atoms with Crippen molar-refractivity contribution in [2.45, 2.75) is 13.8 Å². The van der Waals surface area contributed by atoms with Gasteiger partial charge in [-0.25, -0.2) is 0 Å². The molecule has 1 saturated carbocycles. The van der Waals surface area contributed by atoms with Gasteiger partial charge in [0.25, 0.3) is 5.69 Å². The van der Waals surface area contributed by atoms with E-state index >= 15 is 0 Å². The fraction of sp³-hybridized carbons (Fsp3) is 0.357. The molecule has 1 aromatic carbocycles. The summed E-state index contributed by atoms with van der Waals surface area (Å²) in [4.78, 5) is 22.7. The lowest BCUT2D eigenvalue weighted by atomic mass is 10.1. The molecule has 1 aliphatic carbocycles. The number of benzene rings is 1. The quantitative estimate of drug-likeness (QED) is 0.667. The van der Waals surface area contributed by atoms with Crippen molar-refractivity contribution in [1.82, 2.24) is 0 Å². The van der Waals surface area contributed by atoms with E-state index in [2.05, 4.69) is 5.32 Å². The van der Waals surface area contributed by atoms with Crippen molar-refractivity contribution in [2.24, 2.45) is 17.3 Å². The lowest BCUT2D eigenvalue weighted by Gasteiger charge is -2.06. The molecule has 0 heterocycles. The summed E-state index contributed by atoms with van der Waals surface area (Å²) in [7, 11) is 0. The number of amides is 1. The number of nitrogens with one attached hydrogen (secondary N) is 1. The molecule has 1 fully saturated rings. The van der Waals surface area contributed by atoms with E-state index in [0.717, 1.165) is 0 Å². The number of nitro benzene ring substituents is 1. The second-order valence-corrected chi connectivity index (χ2v) is 6.55. The fourth-order valence-corrected chi connectivity index (χ4v) is 2.85. The molecule has 0 saturated heterocycles. The number of nitro groups is 1. The predicted molar refractivity (Wildman–Crippen MR) is 82.3 cm³/mol. The summed E-state index contributed by atoms with van der Waals surface area (Å²) >= 11 is 11.3. The molecule has 0 aromatic heterocycles. The Morgan fingerprint density at radius 1 is 1.38 bits per heavy atom. The molecule has 5 nitrogen and oxygen atoms in total. The molecular weight excluding hydrogens is 315 g/mol. The molecule has 112 valence electrons. The SMILES string of the molecule is CC1(C)[C@H](C=C(Cl)Cl)[C@@H]1C(=O)Nc1ccccc1[N+](=O)[O-]. The Morgan fingerprint density at radius 2 is 2.00 bits per heavy atom. The second kappa shape index (κ2) is 5.66. The van der Waals surface area contributed by atoms with E-state index in [1.165, 1.54) is 12.1 Å². The number of para-hydroxylation sites is 2. The van der Waals surface area contributed by atoms with Crippen LogP contribution in [0.4, 0.5) is 11.4 Å². The van der Waals surface area contributed by atoms with Crippen LogP contribution in [0, 0.1) is 27.4 Å². The number of hydrogen-bond acceptors (Lipinski definition) is 3. The van der Waals surface area contributed by atoms with Crippen LogP contribution >= 0.6 is 23.2 Å². The molecule has 1 aromatic rings. The highest BCUT2D eigenvalue weighted by Crippen LogP contribution is 2.60. The molecule has 7 heteroatoms. The Hall–Kier alpha value is -1.59. The van der Waals surface area contributed by atoms with Crippen molar-refractivity contribution < 1.29 is 9.72 Å². The van der Waals surface area contributed by atoms with Gasteiger partial charge < -0.3 is 5.32 Å². The number of hydrogen-bond donors (Lipinski definition) is 1. The molecule has 1 N–H and O–H groups in total. The van der Waals surface area contributed by atoms with Crippen LogP contribution in [0.25, 0.3) is 0 Å². The van der Waals surface area contributed by atoms with Gasteiger partial charge in [-0.05, 0) is 23.5 Å². The van der Waals surface area contributed by atoms with Crippen LogP contribution in [0.5, 0.6) is 0 Å². The molecule has 2 rings (SSSR count). The van der Waals surface area contributed by atoms with E-state index in [9.17, 15) is 14.9 Å². The Labute approximate surface area is 132 Å². The van der Waals surface area contributed by atoms with Crippen molar-refractivity contribution in [3.63, 3.8) is 0 Å². The molecule has 0 unspecified atom stereocenters. The molecule has 0 aliphatic heterocycles. The van der Waals surface area contributed by atoms with Crippen LogP contribution in [-0.2, 0) is 4.79 Å². The Balaban J connectivity index is 2.17. The average Bonchev–Trinajstić information content (AvgIpc) is 2.90. The Bertz CT molecular complexity index is 624. The van der Waals surface area contributed by atoms with E-state index < -0.39 is 4.92 Å². The van der Waals surface area contributed by atoms with E-state index in [4.69, 9.17) is 23.2 Å². The third-order valence-corrected chi connectivity index (χ3v) is 4.11. The molecule has 0 spiro atoms. The number of carbonyl (C=O) groups excluding carboxylic acids is 1. The lowest BCUT2D eigenvalue weighted by molar-refractivity contribution is -0.383. The smallest absolute Gasteiger partial charge is 0.292 e. The topological polar surface area (TPSA) is 72.2 Å². The van der Waals surface area contributed by atoms with Crippen molar-refractivity contribution in [1.29, 1.82) is 0 Å². The lowest BCUT2D eigenvalue weighted by Crippen LogP contribution is -2.17. The van der Waals surface area contributed by atoms with Gasteiger partial charge in [-0.15, -0.1) is 0 Å². The zero-order valence-corrected chi connectivity index (χ0v) is 13.0. The van der Waals surface area contributed by atoms with Crippen molar-refractivity contribution in [3.8, 4) is 0 Å². The molecule has 2 atom stereocenters. The van der Waals surface area contributed by atoms with E-state index in [0.29, 0.717) is 0 Å². The molecular formula is C14H14Cl2N2O3. The number of rotatable bonds is 4. The van der Waals surface area contributed by atoms with E-state index in [-0.39, 0.29) is 39.0 Å². The normalized spacial score (nSPS) is 22.3. The summed E-state index contributed by atoms with van der Waals surface area (Å²) in [5.41, 5.74) is -0.218. The van der Waals surface area contributed by atoms with Gasteiger partial charge in [0.05, 0.1) is 10.8 Å². The third kappa shape index (κ3) is 3.19. The summed E-state index contributed by atoms with van der Waals surface area (Å²) in [6, 6.07) is 6.03.